The minimum absolute atomic E-state index is 0.222. The van der Waals surface area contributed by atoms with Gasteiger partial charge in [0.1, 0.15) is 5.75 Å². The number of nitrogens with zero attached hydrogens (tertiary/aromatic N) is 2. The Morgan fingerprint density at radius 1 is 1.28 bits per heavy atom. The van der Waals surface area contributed by atoms with Gasteiger partial charge in [0.25, 0.3) is 5.91 Å². The molecule has 0 aliphatic carbocycles. The lowest BCUT2D eigenvalue weighted by Gasteiger charge is -2.13. The number of nitrogens with one attached hydrogen (secondary N) is 1. The molecule has 3 rings (SSSR count). The third-order valence-corrected chi connectivity index (χ3v) is 4.26. The Labute approximate surface area is 145 Å². The van der Waals surface area contributed by atoms with Crippen LogP contribution in [0.5, 0.6) is 5.75 Å². The van der Waals surface area contributed by atoms with Gasteiger partial charge in [-0.3, -0.25) is 10.1 Å². The Bertz CT molecular complexity index is 941. The van der Waals surface area contributed by atoms with Crippen LogP contribution in [0.3, 0.4) is 0 Å². The molecule has 1 N–H and O–H groups in total. The molecule has 8 heteroatoms. The SMILES string of the molecule is CC(Oc1ccc(C#N)cc1)C(=O)Nc1nc2cc(F)c(F)cc2s1. The fourth-order valence-electron chi connectivity index (χ4n) is 2.05. The van der Waals surface area contributed by atoms with Crippen LogP contribution in [0.15, 0.2) is 36.4 Å². The number of rotatable bonds is 4. The highest BCUT2D eigenvalue weighted by atomic mass is 32.1. The van der Waals surface area contributed by atoms with E-state index in [0.29, 0.717) is 16.0 Å². The molecular formula is C17H11F2N3O2S. The van der Waals surface area contributed by atoms with Gasteiger partial charge < -0.3 is 4.74 Å². The summed E-state index contributed by atoms with van der Waals surface area (Å²) < 4.78 is 32.3. The van der Waals surface area contributed by atoms with Crippen molar-refractivity contribution >= 4 is 32.6 Å². The zero-order valence-electron chi connectivity index (χ0n) is 12.9. The maximum atomic E-state index is 13.2. The van der Waals surface area contributed by atoms with Gasteiger partial charge in [-0.25, -0.2) is 13.8 Å². The van der Waals surface area contributed by atoms with Crippen molar-refractivity contribution in [1.82, 2.24) is 4.98 Å². The zero-order chi connectivity index (χ0) is 18.0. The first-order valence-electron chi connectivity index (χ1n) is 7.19. The molecule has 0 saturated heterocycles. The number of benzene rings is 2. The van der Waals surface area contributed by atoms with E-state index in [9.17, 15) is 13.6 Å². The number of ether oxygens (including phenoxy) is 1. The van der Waals surface area contributed by atoms with Crippen molar-refractivity contribution in [2.24, 2.45) is 0 Å². The van der Waals surface area contributed by atoms with E-state index in [2.05, 4.69) is 10.3 Å². The lowest BCUT2D eigenvalue weighted by atomic mass is 10.2. The molecule has 1 atom stereocenters. The molecule has 1 aromatic heterocycles. The standard InChI is InChI=1S/C17H11F2N3O2S/c1-9(24-11-4-2-10(8-20)3-5-11)16(23)22-17-21-14-6-12(18)13(19)7-15(14)25-17/h2-7,9H,1H3,(H,21,22,23). The molecule has 1 unspecified atom stereocenters. The number of carbonyl (C=O) groups excluding carboxylic acids is 1. The summed E-state index contributed by atoms with van der Waals surface area (Å²) in [5, 5.41) is 11.5. The summed E-state index contributed by atoms with van der Waals surface area (Å²) in [6.07, 6.45) is -0.826. The highest BCUT2D eigenvalue weighted by Crippen LogP contribution is 2.28. The van der Waals surface area contributed by atoms with Gasteiger partial charge in [0.15, 0.2) is 22.9 Å². The number of hydrogen-bond donors (Lipinski definition) is 1. The molecule has 0 fully saturated rings. The smallest absolute Gasteiger partial charge is 0.266 e. The Balaban J connectivity index is 1.69. The largest absolute Gasteiger partial charge is 0.481 e. The summed E-state index contributed by atoms with van der Waals surface area (Å²) in [5.74, 6) is -1.97. The Morgan fingerprint density at radius 3 is 2.64 bits per heavy atom. The number of amides is 1. The third-order valence-electron chi connectivity index (χ3n) is 3.33. The number of nitriles is 1. The Kier molecular flexibility index (Phi) is 4.59. The second-order valence-corrected chi connectivity index (χ2v) is 6.17. The number of anilines is 1. The van der Waals surface area contributed by atoms with Crippen LogP contribution in [-0.2, 0) is 4.79 Å². The Morgan fingerprint density at radius 2 is 1.96 bits per heavy atom. The predicted octanol–water partition coefficient (Wildman–Crippen LogP) is 3.85. The second-order valence-electron chi connectivity index (χ2n) is 5.14. The molecule has 5 nitrogen and oxygen atoms in total. The molecule has 0 spiro atoms. The Hall–Kier alpha value is -3.05. The first-order valence-corrected chi connectivity index (χ1v) is 8.01. The molecule has 126 valence electrons. The molecular weight excluding hydrogens is 348 g/mol. The summed E-state index contributed by atoms with van der Waals surface area (Å²) >= 11 is 1.04. The van der Waals surface area contributed by atoms with Crippen LogP contribution < -0.4 is 10.1 Å². The van der Waals surface area contributed by atoms with Crippen molar-refractivity contribution < 1.29 is 18.3 Å². The van der Waals surface area contributed by atoms with Gasteiger partial charge in [-0.15, -0.1) is 0 Å². The van der Waals surface area contributed by atoms with Crippen LogP contribution in [0.1, 0.15) is 12.5 Å². The molecule has 1 amide bonds. The van der Waals surface area contributed by atoms with Crippen molar-refractivity contribution in [2.45, 2.75) is 13.0 Å². The van der Waals surface area contributed by atoms with E-state index < -0.39 is 23.6 Å². The molecule has 25 heavy (non-hydrogen) atoms. The summed E-state index contributed by atoms with van der Waals surface area (Å²) in [6.45, 7) is 1.56. The first kappa shape index (κ1) is 16.8. The molecule has 1 heterocycles. The monoisotopic (exact) mass is 359 g/mol. The van der Waals surface area contributed by atoms with Gasteiger partial charge in [-0.2, -0.15) is 5.26 Å². The molecule has 0 aliphatic rings. The highest BCUT2D eigenvalue weighted by molar-refractivity contribution is 7.22. The molecule has 0 saturated carbocycles. The summed E-state index contributed by atoms with van der Waals surface area (Å²) in [6, 6.07) is 10.3. The van der Waals surface area contributed by atoms with Gasteiger partial charge >= 0.3 is 0 Å². The number of thiazole rings is 1. The van der Waals surface area contributed by atoms with E-state index in [1.807, 2.05) is 6.07 Å². The van der Waals surface area contributed by atoms with Gasteiger partial charge in [0, 0.05) is 6.07 Å². The molecule has 0 aliphatic heterocycles. The number of halogens is 2. The quantitative estimate of drug-likeness (QED) is 0.768. The van der Waals surface area contributed by atoms with Crippen molar-refractivity contribution in [3.63, 3.8) is 0 Å². The lowest BCUT2D eigenvalue weighted by Crippen LogP contribution is -2.30. The third kappa shape index (κ3) is 3.72. The molecule has 2 aromatic carbocycles. The lowest BCUT2D eigenvalue weighted by molar-refractivity contribution is -0.122. The van der Waals surface area contributed by atoms with E-state index in [1.165, 1.54) is 0 Å². The van der Waals surface area contributed by atoms with Crippen LogP contribution >= 0.6 is 11.3 Å². The van der Waals surface area contributed by atoms with Crippen molar-refractivity contribution in [2.75, 3.05) is 5.32 Å². The highest BCUT2D eigenvalue weighted by Gasteiger charge is 2.17. The minimum atomic E-state index is -0.992. The fraction of sp³-hybridized carbons (Fsp3) is 0.118. The first-order chi connectivity index (χ1) is 12.0. The maximum absolute atomic E-state index is 13.2. The van der Waals surface area contributed by atoms with Crippen LogP contribution in [0.4, 0.5) is 13.9 Å². The van der Waals surface area contributed by atoms with Gasteiger partial charge in [-0.05, 0) is 37.3 Å². The molecule has 0 radical (unpaired) electrons. The van der Waals surface area contributed by atoms with Crippen LogP contribution in [0, 0.1) is 23.0 Å². The fourth-order valence-corrected chi connectivity index (χ4v) is 2.93. The number of aromatic nitrogens is 1. The average Bonchev–Trinajstić information content (AvgIpc) is 2.96. The van der Waals surface area contributed by atoms with Gasteiger partial charge in [0.2, 0.25) is 0 Å². The van der Waals surface area contributed by atoms with Gasteiger partial charge in [-0.1, -0.05) is 11.3 Å². The second kappa shape index (κ2) is 6.83. The van der Waals surface area contributed by atoms with E-state index in [0.717, 1.165) is 23.5 Å². The number of hydrogen-bond acceptors (Lipinski definition) is 5. The van der Waals surface area contributed by atoms with Crippen LogP contribution in [-0.4, -0.2) is 17.0 Å². The summed E-state index contributed by atoms with van der Waals surface area (Å²) in [4.78, 5) is 16.2. The van der Waals surface area contributed by atoms with E-state index in [4.69, 9.17) is 10.00 Å². The van der Waals surface area contributed by atoms with Crippen molar-refractivity contribution in [1.29, 1.82) is 5.26 Å². The normalized spacial score (nSPS) is 11.8. The summed E-state index contributed by atoms with van der Waals surface area (Å²) in [5.41, 5.74) is 0.748. The zero-order valence-corrected chi connectivity index (χ0v) is 13.7. The van der Waals surface area contributed by atoms with Crippen LogP contribution in [0.2, 0.25) is 0 Å². The van der Waals surface area contributed by atoms with Gasteiger partial charge in [0.05, 0.1) is 21.8 Å². The van der Waals surface area contributed by atoms with E-state index in [-0.39, 0.29) is 10.6 Å². The summed E-state index contributed by atoms with van der Waals surface area (Å²) in [7, 11) is 0. The molecule has 0 bridgehead atoms. The van der Waals surface area contributed by atoms with E-state index >= 15 is 0 Å². The maximum Gasteiger partial charge on any atom is 0.266 e. The number of carbonyl (C=O) groups is 1. The minimum Gasteiger partial charge on any atom is -0.481 e. The molecule has 3 aromatic rings. The van der Waals surface area contributed by atoms with Crippen molar-refractivity contribution in [3.8, 4) is 11.8 Å². The van der Waals surface area contributed by atoms with Crippen LogP contribution in [0.25, 0.3) is 10.2 Å². The number of fused-ring (bicyclic) bond motifs is 1. The predicted molar refractivity (Wildman–Crippen MR) is 89.4 cm³/mol. The van der Waals surface area contributed by atoms with Crippen molar-refractivity contribution in [3.05, 3.63) is 53.6 Å². The van der Waals surface area contributed by atoms with E-state index in [1.54, 1.807) is 31.2 Å². The average molecular weight is 359 g/mol. The topological polar surface area (TPSA) is 75.0 Å².